The van der Waals surface area contributed by atoms with Gasteiger partial charge in [-0.05, 0) is 30.4 Å². The minimum Gasteiger partial charge on any atom is -0.385 e. The molecule has 1 N–H and O–H groups in total. The molecule has 1 heterocycles. The molecular weight excluding hydrogens is 224 g/mol. The second-order valence-corrected chi connectivity index (χ2v) is 5.29. The number of aryl methyl sites for hydroxylation is 1. The first-order valence-corrected chi connectivity index (χ1v) is 7.10. The van der Waals surface area contributed by atoms with Gasteiger partial charge in [-0.2, -0.15) is 0 Å². The first kappa shape index (κ1) is 13.6. The maximum absolute atomic E-state index is 10.9. The molecule has 100 valence electrons. The van der Waals surface area contributed by atoms with Crippen LogP contribution in [0.1, 0.15) is 44.2 Å². The van der Waals surface area contributed by atoms with E-state index in [0.717, 1.165) is 37.9 Å². The van der Waals surface area contributed by atoms with Gasteiger partial charge in [-0.25, -0.2) is 0 Å². The van der Waals surface area contributed by atoms with Gasteiger partial charge in [0.2, 0.25) is 0 Å². The lowest BCUT2D eigenvalue weighted by atomic mass is 9.78. The molecule has 0 radical (unpaired) electrons. The second kappa shape index (κ2) is 5.85. The summed E-state index contributed by atoms with van der Waals surface area (Å²) in [5, 5.41) is 10.9. The Balaban J connectivity index is 2.20. The van der Waals surface area contributed by atoms with Crippen molar-refractivity contribution >= 4 is 0 Å². The molecule has 0 spiro atoms. The summed E-state index contributed by atoms with van der Waals surface area (Å²) >= 11 is 0. The molecule has 2 rings (SSSR count). The van der Waals surface area contributed by atoms with Crippen LogP contribution in [0.15, 0.2) is 24.3 Å². The van der Waals surface area contributed by atoms with Gasteiger partial charge in [0, 0.05) is 12.5 Å². The highest BCUT2D eigenvalue weighted by atomic mass is 16.5. The summed E-state index contributed by atoms with van der Waals surface area (Å²) in [5.74, 6) is 0.236. The van der Waals surface area contributed by atoms with Crippen molar-refractivity contribution in [3.63, 3.8) is 0 Å². The molecule has 0 bridgehead atoms. The fourth-order valence-electron chi connectivity index (χ4n) is 2.89. The van der Waals surface area contributed by atoms with Gasteiger partial charge in [0.25, 0.3) is 0 Å². The van der Waals surface area contributed by atoms with E-state index in [1.165, 1.54) is 5.56 Å². The number of aliphatic hydroxyl groups is 1. The van der Waals surface area contributed by atoms with Gasteiger partial charge in [-0.1, -0.05) is 44.5 Å². The Morgan fingerprint density at radius 2 is 2.00 bits per heavy atom. The topological polar surface area (TPSA) is 29.5 Å². The SMILES string of the molecule is CCCc1ccc(C(O)(CC)C2CCOC2)cc1. The van der Waals surface area contributed by atoms with Crippen LogP contribution in [0.25, 0.3) is 0 Å². The van der Waals surface area contributed by atoms with Gasteiger partial charge >= 0.3 is 0 Å². The van der Waals surface area contributed by atoms with Crippen LogP contribution in [-0.2, 0) is 16.8 Å². The van der Waals surface area contributed by atoms with Crippen molar-refractivity contribution in [1.82, 2.24) is 0 Å². The summed E-state index contributed by atoms with van der Waals surface area (Å²) in [6.45, 7) is 5.70. The Morgan fingerprint density at radius 1 is 1.28 bits per heavy atom. The Kier molecular flexibility index (Phi) is 4.41. The Bertz CT molecular complexity index is 365. The minimum atomic E-state index is -0.721. The highest BCUT2D eigenvalue weighted by Crippen LogP contribution is 2.37. The van der Waals surface area contributed by atoms with Crippen molar-refractivity contribution in [2.45, 2.75) is 45.1 Å². The molecule has 1 aromatic carbocycles. The van der Waals surface area contributed by atoms with Crippen molar-refractivity contribution in [3.05, 3.63) is 35.4 Å². The molecule has 2 nitrogen and oxygen atoms in total. The van der Waals surface area contributed by atoms with Crippen LogP contribution >= 0.6 is 0 Å². The third kappa shape index (κ3) is 2.60. The highest BCUT2D eigenvalue weighted by Gasteiger charge is 2.38. The zero-order valence-electron chi connectivity index (χ0n) is 11.5. The molecule has 0 saturated carbocycles. The predicted octanol–water partition coefficient (Wildman–Crippen LogP) is 3.27. The van der Waals surface area contributed by atoms with Crippen molar-refractivity contribution in [2.75, 3.05) is 13.2 Å². The van der Waals surface area contributed by atoms with Crippen molar-refractivity contribution < 1.29 is 9.84 Å². The van der Waals surface area contributed by atoms with Gasteiger partial charge in [0.1, 0.15) is 0 Å². The smallest absolute Gasteiger partial charge is 0.0944 e. The first-order valence-electron chi connectivity index (χ1n) is 7.10. The summed E-state index contributed by atoms with van der Waals surface area (Å²) in [6, 6.07) is 8.48. The third-order valence-electron chi connectivity index (χ3n) is 4.14. The van der Waals surface area contributed by atoms with Gasteiger partial charge < -0.3 is 9.84 Å². The van der Waals surface area contributed by atoms with Crippen LogP contribution in [0.2, 0.25) is 0 Å². The fourth-order valence-corrected chi connectivity index (χ4v) is 2.89. The lowest BCUT2D eigenvalue weighted by Crippen LogP contribution is -2.34. The van der Waals surface area contributed by atoms with Crippen LogP contribution in [0.5, 0.6) is 0 Å². The first-order chi connectivity index (χ1) is 8.70. The molecule has 0 amide bonds. The lowest BCUT2D eigenvalue weighted by molar-refractivity contribution is -0.0307. The zero-order valence-corrected chi connectivity index (χ0v) is 11.5. The number of rotatable bonds is 5. The maximum Gasteiger partial charge on any atom is 0.0944 e. The van der Waals surface area contributed by atoms with E-state index < -0.39 is 5.60 Å². The molecule has 0 aliphatic carbocycles. The van der Waals surface area contributed by atoms with E-state index in [0.29, 0.717) is 6.61 Å². The van der Waals surface area contributed by atoms with E-state index in [1.54, 1.807) is 0 Å². The van der Waals surface area contributed by atoms with E-state index in [9.17, 15) is 5.11 Å². The highest BCUT2D eigenvalue weighted by molar-refractivity contribution is 5.28. The molecule has 1 fully saturated rings. The van der Waals surface area contributed by atoms with Crippen molar-refractivity contribution in [2.24, 2.45) is 5.92 Å². The van der Waals surface area contributed by atoms with Crippen LogP contribution in [0.4, 0.5) is 0 Å². The minimum absolute atomic E-state index is 0.236. The maximum atomic E-state index is 10.9. The molecule has 2 unspecified atom stereocenters. The van der Waals surface area contributed by atoms with E-state index in [2.05, 4.69) is 38.1 Å². The summed E-state index contributed by atoms with van der Waals surface area (Å²) in [6.07, 6.45) is 3.97. The third-order valence-corrected chi connectivity index (χ3v) is 4.14. The zero-order chi connectivity index (χ0) is 13.0. The standard InChI is InChI=1S/C16H24O2/c1-3-5-13-6-8-14(9-7-13)16(17,4-2)15-10-11-18-12-15/h6-9,15,17H,3-5,10-12H2,1-2H3. The van der Waals surface area contributed by atoms with Crippen molar-refractivity contribution in [3.8, 4) is 0 Å². The number of hydrogen-bond acceptors (Lipinski definition) is 2. The summed E-state index contributed by atoms with van der Waals surface area (Å²) in [7, 11) is 0. The number of benzene rings is 1. The largest absolute Gasteiger partial charge is 0.385 e. The predicted molar refractivity (Wildman–Crippen MR) is 73.6 cm³/mol. The number of ether oxygens (including phenoxy) is 1. The summed E-state index contributed by atoms with van der Waals surface area (Å²) < 4.78 is 5.43. The molecule has 1 aliphatic rings. The average Bonchev–Trinajstić information content (AvgIpc) is 2.93. The monoisotopic (exact) mass is 248 g/mol. The quantitative estimate of drug-likeness (QED) is 0.866. The Morgan fingerprint density at radius 3 is 2.50 bits per heavy atom. The van der Waals surface area contributed by atoms with Crippen LogP contribution < -0.4 is 0 Å². The summed E-state index contributed by atoms with van der Waals surface area (Å²) in [4.78, 5) is 0. The van der Waals surface area contributed by atoms with Gasteiger partial charge in [-0.15, -0.1) is 0 Å². The second-order valence-electron chi connectivity index (χ2n) is 5.29. The van der Waals surface area contributed by atoms with E-state index in [1.807, 2.05) is 0 Å². The van der Waals surface area contributed by atoms with Gasteiger partial charge in [0.15, 0.2) is 0 Å². The normalized spacial score (nSPS) is 22.9. The van der Waals surface area contributed by atoms with Gasteiger partial charge in [-0.3, -0.25) is 0 Å². The molecule has 1 saturated heterocycles. The van der Waals surface area contributed by atoms with Crippen LogP contribution in [0.3, 0.4) is 0 Å². The van der Waals surface area contributed by atoms with E-state index in [4.69, 9.17) is 4.74 Å². The Labute approximate surface area is 110 Å². The number of hydrogen-bond donors (Lipinski definition) is 1. The van der Waals surface area contributed by atoms with E-state index in [-0.39, 0.29) is 5.92 Å². The summed E-state index contributed by atoms with van der Waals surface area (Å²) in [5.41, 5.74) is 1.67. The van der Waals surface area contributed by atoms with Crippen molar-refractivity contribution in [1.29, 1.82) is 0 Å². The molecule has 0 aromatic heterocycles. The lowest BCUT2D eigenvalue weighted by Gasteiger charge is -2.33. The molecule has 2 atom stereocenters. The van der Waals surface area contributed by atoms with Crippen LogP contribution in [-0.4, -0.2) is 18.3 Å². The van der Waals surface area contributed by atoms with Gasteiger partial charge in [0.05, 0.1) is 12.2 Å². The molecule has 2 heteroatoms. The molecule has 1 aliphatic heterocycles. The Hall–Kier alpha value is -0.860. The fraction of sp³-hybridized carbons (Fsp3) is 0.625. The van der Waals surface area contributed by atoms with Crippen LogP contribution in [0, 0.1) is 5.92 Å². The molecular formula is C16H24O2. The molecule has 1 aromatic rings. The van der Waals surface area contributed by atoms with E-state index >= 15 is 0 Å². The average molecular weight is 248 g/mol. The molecule has 18 heavy (non-hydrogen) atoms.